The van der Waals surface area contributed by atoms with E-state index in [1.54, 1.807) is 0 Å². The second kappa shape index (κ2) is 5.41. The fourth-order valence-electron chi connectivity index (χ4n) is 2.33. The Kier molecular flexibility index (Phi) is 4.78. The van der Waals surface area contributed by atoms with Gasteiger partial charge in [0, 0.05) is 11.3 Å². The number of nitrogens with one attached hydrogen (secondary N) is 1. The summed E-state index contributed by atoms with van der Waals surface area (Å²) in [6.07, 6.45) is 7.62. The lowest BCUT2D eigenvalue weighted by Gasteiger charge is -2.40. The number of rotatable bonds is 4. The van der Waals surface area contributed by atoms with Gasteiger partial charge in [-0.1, -0.05) is 20.8 Å². The van der Waals surface area contributed by atoms with E-state index < -0.39 is 0 Å². The first-order valence-electron chi connectivity index (χ1n) is 5.85. The van der Waals surface area contributed by atoms with Gasteiger partial charge in [0.25, 0.3) is 0 Å². The first kappa shape index (κ1) is 12.4. The first-order valence-corrected chi connectivity index (χ1v) is 7.14. The molecule has 2 unspecified atom stereocenters. The summed E-state index contributed by atoms with van der Waals surface area (Å²) in [6.45, 7) is 8.24. The highest BCUT2D eigenvalue weighted by Crippen LogP contribution is 2.39. The fraction of sp³-hybridized carbons (Fsp3) is 1.00. The van der Waals surface area contributed by atoms with Gasteiger partial charge >= 0.3 is 0 Å². The summed E-state index contributed by atoms with van der Waals surface area (Å²) in [5.74, 6) is 0. The third-order valence-corrected chi connectivity index (χ3v) is 4.39. The smallest absolute Gasteiger partial charge is 0.0203 e. The molecule has 84 valence electrons. The van der Waals surface area contributed by atoms with Gasteiger partial charge in [-0.05, 0) is 43.9 Å². The minimum Gasteiger partial charge on any atom is -0.313 e. The van der Waals surface area contributed by atoms with E-state index in [0.717, 1.165) is 11.3 Å². The van der Waals surface area contributed by atoms with Crippen LogP contribution in [0.25, 0.3) is 0 Å². The van der Waals surface area contributed by atoms with Gasteiger partial charge in [-0.3, -0.25) is 0 Å². The van der Waals surface area contributed by atoms with E-state index in [1.807, 2.05) is 11.8 Å². The van der Waals surface area contributed by atoms with Crippen LogP contribution in [-0.4, -0.2) is 24.1 Å². The molecule has 0 bridgehead atoms. The highest BCUT2D eigenvalue weighted by Gasteiger charge is 2.33. The van der Waals surface area contributed by atoms with Crippen molar-refractivity contribution in [1.82, 2.24) is 5.32 Å². The van der Waals surface area contributed by atoms with Gasteiger partial charge in [0.2, 0.25) is 0 Å². The summed E-state index contributed by atoms with van der Waals surface area (Å²) in [5, 5.41) is 4.51. The maximum Gasteiger partial charge on any atom is 0.0203 e. The summed E-state index contributed by atoms with van der Waals surface area (Å²) < 4.78 is 0. The van der Waals surface area contributed by atoms with E-state index in [9.17, 15) is 0 Å². The van der Waals surface area contributed by atoms with Crippen molar-refractivity contribution in [2.45, 2.75) is 57.7 Å². The molecule has 1 fully saturated rings. The molecule has 2 heteroatoms. The molecule has 0 aromatic rings. The molecule has 0 radical (unpaired) electrons. The molecule has 0 spiro atoms. The number of thioether (sulfide) groups is 1. The third-order valence-electron chi connectivity index (χ3n) is 3.29. The molecule has 0 saturated heterocycles. The van der Waals surface area contributed by atoms with Crippen LogP contribution in [0.5, 0.6) is 0 Å². The van der Waals surface area contributed by atoms with Crippen LogP contribution in [0, 0.1) is 5.41 Å². The Morgan fingerprint density at radius 1 is 1.43 bits per heavy atom. The fourth-order valence-corrected chi connectivity index (χ4v) is 3.51. The van der Waals surface area contributed by atoms with Gasteiger partial charge in [-0.25, -0.2) is 0 Å². The van der Waals surface area contributed by atoms with Gasteiger partial charge in [-0.15, -0.1) is 0 Å². The van der Waals surface area contributed by atoms with E-state index in [-0.39, 0.29) is 0 Å². The van der Waals surface area contributed by atoms with Gasteiger partial charge < -0.3 is 5.32 Å². The molecule has 1 N–H and O–H groups in total. The lowest BCUT2D eigenvalue weighted by molar-refractivity contribution is 0.214. The highest BCUT2D eigenvalue weighted by molar-refractivity contribution is 7.99. The Bertz CT molecular complexity index is 168. The zero-order valence-corrected chi connectivity index (χ0v) is 10.9. The molecule has 0 amide bonds. The lowest BCUT2D eigenvalue weighted by atomic mass is 9.75. The van der Waals surface area contributed by atoms with Crippen LogP contribution >= 0.6 is 11.8 Å². The van der Waals surface area contributed by atoms with Gasteiger partial charge in [0.15, 0.2) is 0 Å². The molecular weight excluding hydrogens is 190 g/mol. The summed E-state index contributed by atoms with van der Waals surface area (Å²) in [4.78, 5) is 0. The SMILES string of the molecule is CCCNC1CCC(C)(C)CC1SC. The topological polar surface area (TPSA) is 12.0 Å². The standard InChI is InChI=1S/C12H25NS/c1-5-8-13-10-6-7-12(2,3)9-11(10)14-4/h10-11,13H,5-9H2,1-4H3. The van der Waals surface area contributed by atoms with Crippen LogP contribution in [0.3, 0.4) is 0 Å². The lowest BCUT2D eigenvalue weighted by Crippen LogP contribution is -2.44. The second-order valence-corrected chi connectivity index (χ2v) is 6.32. The first-order chi connectivity index (χ1) is 6.59. The van der Waals surface area contributed by atoms with Crippen molar-refractivity contribution in [3.8, 4) is 0 Å². The predicted octanol–water partition coefficient (Wildman–Crippen LogP) is 3.30. The van der Waals surface area contributed by atoms with Crippen molar-refractivity contribution in [1.29, 1.82) is 0 Å². The maximum atomic E-state index is 3.69. The summed E-state index contributed by atoms with van der Waals surface area (Å²) in [6, 6.07) is 0.762. The molecule has 0 aliphatic heterocycles. The van der Waals surface area contributed by atoms with Crippen LogP contribution in [-0.2, 0) is 0 Å². The van der Waals surface area contributed by atoms with E-state index >= 15 is 0 Å². The highest BCUT2D eigenvalue weighted by atomic mass is 32.2. The van der Waals surface area contributed by atoms with Crippen molar-refractivity contribution in [2.75, 3.05) is 12.8 Å². The van der Waals surface area contributed by atoms with Crippen LogP contribution in [0.15, 0.2) is 0 Å². The molecule has 1 aliphatic carbocycles. The molecule has 0 aromatic carbocycles. The van der Waals surface area contributed by atoms with Gasteiger partial charge in [0.1, 0.15) is 0 Å². The monoisotopic (exact) mass is 215 g/mol. The molecule has 1 saturated carbocycles. The van der Waals surface area contributed by atoms with Crippen molar-refractivity contribution < 1.29 is 0 Å². The Morgan fingerprint density at radius 2 is 2.14 bits per heavy atom. The molecule has 1 aliphatic rings. The van der Waals surface area contributed by atoms with E-state index in [1.165, 1.54) is 32.2 Å². The summed E-state index contributed by atoms with van der Waals surface area (Å²) in [5.41, 5.74) is 0.568. The van der Waals surface area contributed by atoms with Gasteiger partial charge in [-0.2, -0.15) is 11.8 Å². The van der Waals surface area contributed by atoms with Gasteiger partial charge in [0.05, 0.1) is 0 Å². The molecular formula is C12H25NS. The minimum atomic E-state index is 0.568. The van der Waals surface area contributed by atoms with Crippen molar-refractivity contribution in [3.05, 3.63) is 0 Å². The maximum absolute atomic E-state index is 3.69. The Morgan fingerprint density at radius 3 is 2.71 bits per heavy atom. The van der Waals surface area contributed by atoms with Crippen LogP contribution in [0.2, 0.25) is 0 Å². The van der Waals surface area contributed by atoms with E-state index in [2.05, 4.69) is 32.3 Å². The third kappa shape index (κ3) is 3.47. The molecule has 1 nitrogen and oxygen atoms in total. The molecule has 14 heavy (non-hydrogen) atoms. The Labute approximate surface area is 93.4 Å². The summed E-state index contributed by atoms with van der Waals surface area (Å²) >= 11 is 2.04. The van der Waals surface area contributed by atoms with Crippen molar-refractivity contribution in [2.24, 2.45) is 5.41 Å². The molecule has 2 atom stereocenters. The van der Waals surface area contributed by atoms with E-state index in [0.29, 0.717) is 5.41 Å². The zero-order valence-electron chi connectivity index (χ0n) is 10.1. The Hall–Kier alpha value is 0.310. The molecule has 0 aromatic heterocycles. The van der Waals surface area contributed by atoms with Crippen molar-refractivity contribution in [3.63, 3.8) is 0 Å². The largest absolute Gasteiger partial charge is 0.313 e. The van der Waals surface area contributed by atoms with Crippen LogP contribution in [0.4, 0.5) is 0 Å². The average molecular weight is 215 g/mol. The Balaban J connectivity index is 2.44. The van der Waals surface area contributed by atoms with Crippen LogP contribution < -0.4 is 5.32 Å². The zero-order chi connectivity index (χ0) is 10.6. The van der Waals surface area contributed by atoms with E-state index in [4.69, 9.17) is 0 Å². The quantitative estimate of drug-likeness (QED) is 0.772. The normalized spacial score (nSPS) is 31.7. The average Bonchev–Trinajstić information content (AvgIpc) is 2.15. The minimum absolute atomic E-state index is 0.568. The van der Waals surface area contributed by atoms with Crippen LogP contribution in [0.1, 0.15) is 46.5 Å². The molecule has 1 rings (SSSR count). The number of hydrogen-bond acceptors (Lipinski definition) is 2. The summed E-state index contributed by atoms with van der Waals surface area (Å²) in [7, 11) is 0. The van der Waals surface area contributed by atoms with Crippen molar-refractivity contribution >= 4 is 11.8 Å². The second-order valence-electron chi connectivity index (χ2n) is 5.24. The molecule has 0 heterocycles. The predicted molar refractivity (Wildman–Crippen MR) is 67.0 cm³/mol. The number of hydrogen-bond donors (Lipinski definition) is 1.